The number of thiazole rings is 1. The molecule has 2 N–H and O–H groups in total. The molecule has 28 heavy (non-hydrogen) atoms. The summed E-state index contributed by atoms with van der Waals surface area (Å²) < 4.78 is 11.1. The second-order valence-corrected chi connectivity index (χ2v) is 7.28. The van der Waals surface area contributed by atoms with Crippen molar-refractivity contribution in [1.29, 1.82) is 0 Å². The van der Waals surface area contributed by atoms with Crippen molar-refractivity contribution in [3.63, 3.8) is 0 Å². The Labute approximate surface area is 166 Å². The summed E-state index contributed by atoms with van der Waals surface area (Å²) >= 11 is 1.43. The zero-order chi connectivity index (χ0) is 19.3. The van der Waals surface area contributed by atoms with E-state index < -0.39 is 0 Å². The van der Waals surface area contributed by atoms with E-state index in [1.807, 2.05) is 30.3 Å². The summed E-state index contributed by atoms with van der Waals surface area (Å²) in [6, 6.07) is 12.8. The fraction of sp³-hybridized carbons (Fsp3) is 0.238. The van der Waals surface area contributed by atoms with Crippen molar-refractivity contribution in [1.82, 2.24) is 10.3 Å². The molecule has 0 spiro atoms. The number of rotatable bonds is 6. The van der Waals surface area contributed by atoms with E-state index in [-0.39, 0.29) is 11.7 Å². The normalized spacial score (nSPS) is 12.6. The minimum absolute atomic E-state index is 0.175. The first kappa shape index (κ1) is 18.3. The molecule has 0 aliphatic carbocycles. The molecule has 144 valence electrons. The van der Waals surface area contributed by atoms with Crippen LogP contribution in [0.2, 0.25) is 0 Å². The topological polar surface area (TPSA) is 80.7 Å². The maximum Gasteiger partial charge on any atom is 0.270 e. The first-order valence-corrected chi connectivity index (χ1v) is 9.99. The highest BCUT2D eigenvalue weighted by molar-refractivity contribution is 7.13. The van der Waals surface area contributed by atoms with Gasteiger partial charge in [0.25, 0.3) is 5.91 Å². The third kappa shape index (κ3) is 4.26. The van der Waals surface area contributed by atoms with Crippen LogP contribution >= 0.6 is 11.3 Å². The van der Waals surface area contributed by atoms with Gasteiger partial charge in [-0.15, -0.1) is 11.3 Å². The largest absolute Gasteiger partial charge is 0.508 e. The van der Waals surface area contributed by atoms with E-state index in [0.717, 1.165) is 34.7 Å². The molecular formula is C21H20N2O4S. The smallest absolute Gasteiger partial charge is 0.270 e. The van der Waals surface area contributed by atoms with E-state index in [1.54, 1.807) is 17.5 Å². The second-order valence-electron chi connectivity index (χ2n) is 6.42. The van der Waals surface area contributed by atoms with Gasteiger partial charge in [0.1, 0.15) is 29.7 Å². The van der Waals surface area contributed by atoms with Gasteiger partial charge in [-0.2, -0.15) is 0 Å². The summed E-state index contributed by atoms with van der Waals surface area (Å²) in [7, 11) is 0. The van der Waals surface area contributed by atoms with Gasteiger partial charge in [-0.25, -0.2) is 4.98 Å². The number of nitrogens with one attached hydrogen (secondary N) is 1. The van der Waals surface area contributed by atoms with Gasteiger partial charge in [-0.3, -0.25) is 4.79 Å². The molecule has 4 rings (SSSR count). The molecule has 0 unspecified atom stereocenters. The molecular weight excluding hydrogens is 376 g/mol. The number of fused-ring (bicyclic) bond motifs is 1. The van der Waals surface area contributed by atoms with Gasteiger partial charge in [0, 0.05) is 17.5 Å². The highest BCUT2D eigenvalue weighted by atomic mass is 32.1. The Balaban J connectivity index is 1.32. The van der Waals surface area contributed by atoms with Crippen LogP contribution in [-0.2, 0) is 6.42 Å². The first-order valence-electron chi connectivity index (χ1n) is 9.11. The first-order chi connectivity index (χ1) is 13.7. The van der Waals surface area contributed by atoms with E-state index in [4.69, 9.17) is 9.47 Å². The molecule has 3 aromatic rings. The molecule has 0 bridgehead atoms. The van der Waals surface area contributed by atoms with Gasteiger partial charge >= 0.3 is 0 Å². The number of carbonyl (C=O) groups excluding carboxylic acids is 1. The van der Waals surface area contributed by atoms with Crippen LogP contribution in [0.15, 0.2) is 47.8 Å². The van der Waals surface area contributed by atoms with Crippen molar-refractivity contribution in [2.75, 3.05) is 19.8 Å². The van der Waals surface area contributed by atoms with E-state index >= 15 is 0 Å². The number of ether oxygens (including phenoxy) is 2. The average molecular weight is 396 g/mol. The van der Waals surface area contributed by atoms with Gasteiger partial charge in [0.15, 0.2) is 11.5 Å². The highest BCUT2D eigenvalue weighted by Crippen LogP contribution is 2.35. The Morgan fingerprint density at radius 1 is 1.11 bits per heavy atom. The number of aryl methyl sites for hydroxylation is 1. The van der Waals surface area contributed by atoms with Gasteiger partial charge in [0.2, 0.25) is 0 Å². The number of hydrogen-bond acceptors (Lipinski definition) is 6. The van der Waals surface area contributed by atoms with Crippen molar-refractivity contribution >= 4 is 17.2 Å². The summed E-state index contributed by atoms with van der Waals surface area (Å²) in [5.74, 6) is 1.53. The summed E-state index contributed by atoms with van der Waals surface area (Å²) in [5, 5.41) is 14.7. The third-order valence-corrected chi connectivity index (χ3v) is 5.28. The van der Waals surface area contributed by atoms with Crippen LogP contribution in [0.5, 0.6) is 17.2 Å². The highest BCUT2D eigenvalue weighted by Gasteiger charge is 2.15. The minimum atomic E-state index is -0.175. The van der Waals surface area contributed by atoms with Gasteiger partial charge in [-0.1, -0.05) is 12.1 Å². The van der Waals surface area contributed by atoms with E-state index in [9.17, 15) is 9.90 Å². The van der Waals surface area contributed by atoms with E-state index in [1.165, 1.54) is 11.3 Å². The second kappa shape index (κ2) is 8.31. The maximum absolute atomic E-state index is 12.3. The molecule has 2 aromatic carbocycles. The van der Waals surface area contributed by atoms with Crippen molar-refractivity contribution in [2.24, 2.45) is 0 Å². The van der Waals surface area contributed by atoms with Gasteiger partial charge < -0.3 is 19.9 Å². The Morgan fingerprint density at radius 2 is 1.89 bits per heavy atom. The quantitative estimate of drug-likeness (QED) is 0.622. The molecule has 0 fully saturated rings. The molecule has 1 aliphatic heterocycles. The predicted molar refractivity (Wildman–Crippen MR) is 107 cm³/mol. The number of phenolic OH excluding ortho intramolecular Hbond substituents is 1. The number of hydrogen-bond donors (Lipinski definition) is 2. The number of aromatic nitrogens is 1. The van der Waals surface area contributed by atoms with E-state index in [2.05, 4.69) is 10.3 Å². The van der Waals surface area contributed by atoms with Crippen molar-refractivity contribution in [3.05, 3.63) is 59.1 Å². The third-order valence-electron chi connectivity index (χ3n) is 4.39. The van der Waals surface area contributed by atoms with Crippen LogP contribution in [-0.4, -0.2) is 35.8 Å². The minimum Gasteiger partial charge on any atom is -0.508 e. The molecule has 2 heterocycles. The fourth-order valence-corrected chi connectivity index (χ4v) is 3.73. The SMILES string of the molecule is O=C(NCCCc1ccc(O)cc1)c1csc(-c2ccc3c(c2)OCCO3)n1. The Morgan fingerprint density at radius 3 is 2.71 bits per heavy atom. The molecule has 0 atom stereocenters. The van der Waals surface area contributed by atoms with Crippen LogP contribution in [0.3, 0.4) is 0 Å². The number of benzene rings is 2. The van der Waals surface area contributed by atoms with Crippen LogP contribution in [0.25, 0.3) is 10.6 Å². The number of carbonyl (C=O) groups is 1. The van der Waals surface area contributed by atoms with Crippen molar-refractivity contribution in [3.8, 4) is 27.8 Å². The van der Waals surface area contributed by atoms with Crippen LogP contribution in [0.1, 0.15) is 22.5 Å². The van der Waals surface area contributed by atoms with Gasteiger partial charge in [0.05, 0.1) is 0 Å². The predicted octanol–water partition coefficient (Wildman–Crippen LogP) is 3.65. The molecule has 0 radical (unpaired) electrons. The molecule has 0 saturated carbocycles. The van der Waals surface area contributed by atoms with E-state index in [0.29, 0.717) is 31.2 Å². The van der Waals surface area contributed by atoms with Crippen molar-refractivity contribution in [2.45, 2.75) is 12.8 Å². The molecule has 6 nitrogen and oxygen atoms in total. The maximum atomic E-state index is 12.3. The Bertz CT molecular complexity index is 969. The van der Waals surface area contributed by atoms with Gasteiger partial charge in [-0.05, 0) is 48.7 Å². The molecule has 1 aromatic heterocycles. The lowest BCUT2D eigenvalue weighted by molar-refractivity contribution is 0.0949. The number of aromatic hydroxyl groups is 1. The monoisotopic (exact) mass is 396 g/mol. The summed E-state index contributed by atoms with van der Waals surface area (Å²) in [4.78, 5) is 16.8. The van der Waals surface area contributed by atoms with Crippen LogP contribution < -0.4 is 14.8 Å². The molecule has 0 saturated heterocycles. The summed E-state index contributed by atoms with van der Waals surface area (Å²) in [5.41, 5.74) is 2.45. The average Bonchev–Trinajstić information content (AvgIpc) is 3.22. The number of amides is 1. The zero-order valence-electron chi connectivity index (χ0n) is 15.2. The standard InChI is InChI=1S/C21H20N2O4S/c24-16-6-3-14(4-7-16)2-1-9-22-20(25)17-13-28-21(23-17)15-5-8-18-19(12-15)27-11-10-26-18/h3-8,12-13,24H,1-2,9-11H2,(H,22,25). The number of nitrogens with zero attached hydrogens (tertiary/aromatic N) is 1. The fourth-order valence-electron chi connectivity index (χ4n) is 2.93. The number of phenols is 1. The lowest BCUT2D eigenvalue weighted by Crippen LogP contribution is -2.25. The lowest BCUT2D eigenvalue weighted by Gasteiger charge is -2.18. The Hall–Kier alpha value is -3.06. The van der Waals surface area contributed by atoms with Crippen LogP contribution in [0, 0.1) is 0 Å². The van der Waals surface area contributed by atoms with Crippen LogP contribution in [0.4, 0.5) is 0 Å². The summed E-state index contributed by atoms with van der Waals surface area (Å²) in [6.07, 6.45) is 1.65. The molecule has 1 amide bonds. The summed E-state index contributed by atoms with van der Waals surface area (Å²) in [6.45, 7) is 1.66. The van der Waals surface area contributed by atoms with Crippen molar-refractivity contribution < 1.29 is 19.4 Å². The Kier molecular flexibility index (Phi) is 5.43. The zero-order valence-corrected chi connectivity index (χ0v) is 16.0. The lowest BCUT2D eigenvalue weighted by atomic mass is 10.1. The molecule has 1 aliphatic rings. The molecule has 7 heteroatoms.